The zero-order valence-electron chi connectivity index (χ0n) is 19.9. The van der Waals surface area contributed by atoms with Crippen LogP contribution in [0, 0.1) is 12.8 Å². The quantitative estimate of drug-likeness (QED) is 0.642. The number of phenolic OH excluding ortho intramolecular Hbond substituents is 1. The van der Waals surface area contributed by atoms with E-state index < -0.39 is 0 Å². The summed E-state index contributed by atoms with van der Waals surface area (Å²) in [4.78, 5) is 15.6. The maximum atomic E-state index is 13.3. The summed E-state index contributed by atoms with van der Waals surface area (Å²) in [7, 11) is 4.62. The van der Waals surface area contributed by atoms with Crippen LogP contribution in [0.3, 0.4) is 0 Å². The maximum Gasteiger partial charge on any atom is 0.232 e. The zero-order chi connectivity index (χ0) is 23.7. The van der Waals surface area contributed by atoms with Crippen molar-refractivity contribution in [3.05, 3.63) is 46.2 Å². The van der Waals surface area contributed by atoms with Crippen LogP contribution in [0.2, 0.25) is 0 Å². The fourth-order valence-corrected chi connectivity index (χ4v) is 4.77. The Balaban J connectivity index is 1.73. The fourth-order valence-electron chi connectivity index (χ4n) is 4.77. The van der Waals surface area contributed by atoms with Crippen LogP contribution in [0.25, 0.3) is 6.08 Å². The van der Waals surface area contributed by atoms with E-state index in [1.54, 1.807) is 31.4 Å². The monoisotopic (exact) mass is 453 g/mol. The molecule has 2 aliphatic heterocycles. The first-order valence-electron chi connectivity index (χ1n) is 11.2. The first-order valence-corrected chi connectivity index (χ1v) is 11.2. The standard InChI is InChI=1S/C26H31NO6/c1-15-7-6-10-27(13-15)14-18-19(28)11-16(2)22-23(29)21(33-25(18)22)12-17-8-9-20(30-3)26(32-5)24(17)31-4/h8-9,11-12,15,28H,6-7,10,13-14H2,1-5H3/b21-12+. The van der Waals surface area contributed by atoms with E-state index >= 15 is 0 Å². The molecule has 33 heavy (non-hydrogen) atoms. The average molecular weight is 454 g/mol. The Morgan fingerprint density at radius 2 is 1.94 bits per heavy atom. The van der Waals surface area contributed by atoms with Crippen LogP contribution >= 0.6 is 0 Å². The number of allylic oxidation sites excluding steroid dienone is 1. The van der Waals surface area contributed by atoms with Crippen molar-refractivity contribution in [3.8, 4) is 28.7 Å². The molecule has 1 unspecified atom stereocenters. The average Bonchev–Trinajstić information content (AvgIpc) is 3.12. The molecule has 0 bridgehead atoms. The molecule has 2 aromatic carbocycles. The smallest absolute Gasteiger partial charge is 0.232 e. The second kappa shape index (κ2) is 9.35. The van der Waals surface area contributed by atoms with Crippen molar-refractivity contribution >= 4 is 11.9 Å². The van der Waals surface area contributed by atoms with Gasteiger partial charge in [0.15, 0.2) is 17.3 Å². The molecular formula is C26H31NO6. The van der Waals surface area contributed by atoms with E-state index in [0.29, 0.717) is 57.7 Å². The van der Waals surface area contributed by atoms with E-state index in [-0.39, 0.29) is 17.3 Å². The summed E-state index contributed by atoms with van der Waals surface area (Å²) < 4.78 is 22.5. The highest BCUT2D eigenvalue weighted by Crippen LogP contribution is 2.45. The lowest BCUT2D eigenvalue weighted by Gasteiger charge is -2.31. The van der Waals surface area contributed by atoms with E-state index in [1.165, 1.54) is 20.6 Å². The molecule has 0 amide bonds. The van der Waals surface area contributed by atoms with E-state index in [4.69, 9.17) is 18.9 Å². The van der Waals surface area contributed by atoms with Gasteiger partial charge < -0.3 is 24.1 Å². The Bertz CT molecular complexity index is 1110. The number of rotatable bonds is 6. The van der Waals surface area contributed by atoms with Crippen LogP contribution in [0.5, 0.6) is 28.7 Å². The van der Waals surface area contributed by atoms with Crippen molar-refractivity contribution in [2.75, 3.05) is 34.4 Å². The van der Waals surface area contributed by atoms with Gasteiger partial charge in [0.1, 0.15) is 11.5 Å². The second-order valence-electron chi connectivity index (χ2n) is 8.74. The summed E-state index contributed by atoms with van der Waals surface area (Å²) in [5, 5.41) is 10.7. The van der Waals surface area contributed by atoms with Gasteiger partial charge in [-0.05, 0) is 62.1 Å². The van der Waals surface area contributed by atoms with Crippen molar-refractivity contribution in [1.29, 1.82) is 0 Å². The number of carbonyl (C=O) groups is 1. The molecule has 7 nitrogen and oxygen atoms in total. The lowest BCUT2D eigenvalue weighted by molar-refractivity contribution is 0.101. The third kappa shape index (κ3) is 4.25. The van der Waals surface area contributed by atoms with Crippen LogP contribution in [-0.2, 0) is 6.54 Å². The number of ketones is 1. The minimum absolute atomic E-state index is 0.155. The van der Waals surface area contributed by atoms with Gasteiger partial charge in [-0.1, -0.05) is 6.92 Å². The number of hydrogen-bond donors (Lipinski definition) is 1. The number of carbonyl (C=O) groups excluding carboxylic acids is 1. The molecular weight excluding hydrogens is 422 g/mol. The van der Waals surface area contributed by atoms with Crippen molar-refractivity contribution in [2.45, 2.75) is 33.2 Å². The van der Waals surface area contributed by atoms with Crippen molar-refractivity contribution < 1.29 is 28.8 Å². The Labute approximate surface area is 194 Å². The number of nitrogens with zero attached hydrogens (tertiary/aromatic N) is 1. The second-order valence-corrected chi connectivity index (χ2v) is 8.74. The van der Waals surface area contributed by atoms with Crippen molar-refractivity contribution in [2.24, 2.45) is 5.92 Å². The summed E-state index contributed by atoms with van der Waals surface area (Å²) in [5.41, 5.74) is 2.46. The first kappa shape index (κ1) is 23.0. The van der Waals surface area contributed by atoms with E-state index in [9.17, 15) is 9.90 Å². The van der Waals surface area contributed by atoms with Crippen molar-refractivity contribution in [1.82, 2.24) is 4.90 Å². The lowest BCUT2D eigenvalue weighted by Crippen LogP contribution is -2.33. The topological polar surface area (TPSA) is 77.5 Å². The summed E-state index contributed by atoms with van der Waals surface area (Å²) in [6.07, 6.45) is 3.98. The van der Waals surface area contributed by atoms with Crippen LogP contribution in [0.1, 0.15) is 46.8 Å². The number of hydrogen-bond acceptors (Lipinski definition) is 7. The highest BCUT2D eigenvalue weighted by Gasteiger charge is 2.34. The van der Waals surface area contributed by atoms with Gasteiger partial charge in [0.2, 0.25) is 11.5 Å². The van der Waals surface area contributed by atoms with E-state index in [1.807, 2.05) is 6.92 Å². The Hall–Kier alpha value is -3.19. The fraction of sp³-hybridized carbons (Fsp3) is 0.423. The highest BCUT2D eigenvalue weighted by molar-refractivity contribution is 6.16. The molecule has 1 N–H and O–H groups in total. The summed E-state index contributed by atoms with van der Waals surface area (Å²) in [5.74, 6) is 2.57. The number of aryl methyl sites for hydroxylation is 1. The van der Waals surface area contributed by atoms with Gasteiger partial charge in [-0.2, -0.15) is 0 Å². The van der Waals surface area contributed by atoms with Gasteiger partial charge >= 0.3 is 0 Å². The number of ether oxygens (including phenoxy) is 4. The molecule has 2 aromatic rings. The molecule has 1 saturated heterocycles. The number of aromatic hydroxyl groups is 1. The summed E-state index contributed by atoms with van der Waals surface area (Å²) in [6, 6.07) is 5.19. The molecule has 0 aromatic heterocycles. The number of benzene rings is 2. The lowest BCUT2D eigenvalue weighted by atomic mass is 9.97. The van der Waals surface area contributed by atoms with Gasteiger partial charge in [-0.25, -0.2) is 0 Å². The number of fused-ring (bicyclic) bond motifs is 1. The minimum Gasteiger partial charge on any atom is -0.507 e. The van der Waals surface area contributed by atoms with Gasteiger partial charge in [0, 0.05) is 18.7 Å². The number of Topliss-reactive ketones (excluding diaryl/α,β-unsaturated/α-hetero) is 1. The van der Waals surface area contributed by atoms with Crippen molar-refractivity contribution in [3.63, 3.8) is 0 Å². The number of likely N-dealkylation sites (tertiary alicyclic amines) is 1. The van der Waals surface area contributed by atoms with Crippen LogP contribution in [0.15, 0.2) is 24.0 Å². The molecule has 2 aliphatic rings. The zero-order valence-corrected chi connectivity index (χ0v) is 19.9. The molecule has 0 saturated carbocycles. The van der Waals surface area contributed by atoms with Crippen LogP contribution < -0.4 is 18.9 Å². The maximum absolute atomic E-state index is 13.3. The molecule has 4 rings (SSSR count). The van der Waals surface area contributed by atoms with Gasteiger partial charge in [0.25, 0.3) is 0 Å². The first-order chi connectivity index (χ1) is 15.9. The number of piperidine rings is 1. The number of phenols is 1. The number of methoxy groups -OCH3 is 3. The molecule has 1 atom stereocenters. The third-order valence-corrected chi connectivity index (χ3v) is 6.36. The summed E-state index contributed by atoms with van der Waals surface area (Å²) in [6.45, 7) is 6.52. The minimum atomic E-state index is -0.215. The Morgan fingerprint density at radius 3 is 2.61 bits per heavy atom. The van der Waals surface area contributed by atoms with E-state index in [2.05, 4.69) is 11.8 Å². The van der Waals surface area contributed by atoms with Gasteiger partial charge in [-0.15, -0.1) is 0 Å². The highest BCUT2D eigenvalue weighted by atomic mass is 16.5. The SMILES string of the molecule is COc1ccc(/C=C2/Oc3c(CN4CCCC(C)C4)c(O)cc(C)c3C2=O)c(OC)c1OC. The van der Waals surface area contributed by atoms with Crippen LogP contribution in [0.4, 0.5) is 0 Å². The Kier molecular flexibility index (Phi) is 6.51. The van der Waals surface area contributed by atoms with E-state index in [0.717, 1.165) is 19.5 Å². The van der Waals surface area contributed by atoms with Gasteiger partial charge in [0.05, 0.1) is 32.5 Å². The van der Waals surface area contributed by atoms with Crippen LogP contribution in [-0.4, -0.2) is 50.2 Å². The molecule has 0 spiro atoms. The predicted molar refractivity (Wildman–Crippen MR) is 126 cm³/mol. The molecule has 2 heterocycles. The molecule has 7 heteroatoms. The predicted octanol–water partition coefficient (Wildman–Crippen LogP) is 4.57. The largest absolute Gasteiger partial charge is 0.507 e. The molecule has 1 fully saturated rings. The molecule has 176 valence electrons. The third-order valence-electron chi connectivity index (χ3n) is 6.36. The normalized spacial score (nSPS) is 19.4. The molecule has 0 aliphatic carbocycles. The Morgan fingerprint density at radius 1 is 1.18 bits per heavy atom. The summed E-state index contributed by atoms with van der Waals surface area (Å²) >= 11 is 0. The molecule has 0 radical (unpaired) electrons. The van der Waals surface area contributed by atoms with Gasteiger partial charge in [-0.3, -0.25) is 9.69 Å².